The molecule has 32 heavy (non-hydrogen) atoms. The zero-order chi connectivity index (χ0) is 22.0. The van der Waals surface area contributed by atoms with Crippen LogP contribution in [0.5, 0.6) is 0 Å². The Kier molecular flexibility index (Phi) is 7.78. The zero-order valence-electron chi connectivity index (χ0n) is 18.1. The van der Waals surface area contributed by atoms with Crippen LogP contribution >= 0.6 is 11.8 Å². The van der Waals surface area contributed by atoms with E-state index in [1.54, 1.807) is 0 Å². The first kappa shape index (κ1) is 21.9. The normalized spacial score (nSPS) is 10.6. The molecule has 0 unspecified atom stereocenters. The number of nitrogens with zero attached hydrogens (tertiary/aromatic N) is 1. The quantitative estimate of drug-likeness (QED) is 0.282. The molecule has 0 N–H and O–H groups in total. The van der Waals surface area contributed by atoms with E-state index in [9.17, 15) is 4.79 Å². The molecule has 0 heterocycles. The average molecular weight is 438 g/mol. The Balaban J connectivity index is 1.42. The molecule has 2 nitrogen and oxygen atoms in total. The third-order valence-corrected chi connectivity index (χ3v) is 6.38. The fourth-order valence-electron chi connectivity index (χ4n) is 3.59. The Hall–Kier alpha value is -3.30. The van der Waals surface area contributed by atoms with Gasteiger partial charge in [0.25, 0.3) is 5.91 Å². The van der Waals surface area contributed by atoms with Crippen molar-refractivity contribution in [1.29, 1.82) is 0 Å². The first-order chi connectivity index (χ1) is 15.8. The van der Waals surface area contributed by atoms with Crippen LogP contribution in [0, 0.1) is 0 Å². The highest BCUT2D eigenvalue weighted by molar-refractivity contribution is 7.97. The molecule has 1 amide bonds. The highest BCUT2D eigenvalue weighted by atomic mass is 32.2. The number of carbonyl (C=O) groups is 1. The second-order valence-electron chi connectivity index (χ2n) is 7.81. The predicted octanol–water partition coefficient (Wildman–Crippen LogP) is 6.96. The summed E-state index contributed by atoms with van der Waals surface area (Å²) in [5.74, 6) is 1.98. The third-order valence-electron chi connectivity index (χ3n) is 5.30. The average Bonchev–Trinajstić information content (AvgIpc) is 2.86. The van der Waals surface area contributed by atoms with E-state index in [1.807, 2.05) is 71.3 Å². The maximum atomic E-state index is 13.4. The molecular formula is C29H27NOS. The van der Waals surface area contributed by atoms with Crippen LogP contribution in [0.4, 0.5) is 0 Å². The maximum absolute atomic E-state index is 13.4. The number of thioether (sulfide) groups is 1. The van der Waals surface area contributed by atoms with Crippen molar-refractivity contribution >= 4 is 17.7 Å². The molecule has 0 spiro atoms. The topological polar surface area (TPSA) is 20.3 Å². The van der Waals surface area contributed by atoms with Gasteiger partial charge in [-0.2, -0.15) is 11.8 Å². The number of carbonyl (C=O) groups excluding carboxylic acids is 1. The molecule has 4 aromatic carbocycles. The van der Waals surface area contributed by atoms with Gasteiger partial charge in [0.1, 0.15) is 0 Å². The lowest BCUT2D eigenvalue weighted by molar-refractivity contribution is 0.0730. The number of amides is 1. The summed E-state index contributed by atoms with van der Waals surface area (Å²) in [6, 6.07) is 38.9. The Bertz CT molecular complexity index is 1050. The lowest BCUT2D eigenvalue weighted by atomic mass is 10.1. The maximum Gasteiger partial charge on any atom is 0.254 e. The standard InChI is InChI=1S/C29H27NOS/c31-29(28-18-16-27(17-19-28)23-32-22-26-14-8-3-9-15-26)30(20-24-10-4-1-5-11-24)21-25-12-6-2-7-13-25/h1-19H,20-23H2. The van der Waals surface area contributed by atoms with Crippen LogP contribution in [-0.4, -0.2) is 10.8 Å². The van der Waals surface area contributed by atoms with Crippen molar-refractivity contribution in [2.45, 2.75) is 24.6 Å². The molecule has 4 rings (SSSR count). The van der Waals surface area contributed by atoms with E-state index in [1.165, 1.54) is 11.1 Å². The summed E-state index contributed by atoms with van der Waals surface area (Å²) < 4.78 is 0. The SMILES string of the molecule is O=C(c1ccc(CSCc2ccccc2)cc1)N(Cc1ccccc1)Cc1ccccc1. The van der Waals surface area contributed by atoms with Gasteiger partial charge < -0.3 is 4.90 Å². The molecule has 3 heteroatoms. The van der Waals surface area contributed by atoms with Crippen molar-refractivity contribution in [1.82, 2.24) is 4.90 Å². The Morgan fingerprint density at radius 1 is 0.531 bits per heavy atom. The summed E-state index contributed by atoms with van der Waals surface area (Å²) >= 11 is 1.89. The molecule has 0 saturated carbocycles. The second kappa shape index (κ2) is 11.4. The number of benzene rings is 4. The highest BCUT2D eigenvalue weighted by Gasteiger charge is 2.17. The molecule has 0 radical (unpaired) electrons. The van der Waals surface area contributed by atoms with Crippen LogP contribution in [0.3, 0.4) is 0 Å². The van der Waals surface area contributed by atoms with Gasteiger partial charge in [-0.1, -0.05) is 103 Å². The summed E-state index contributed by atoms with van der Waals surface area (Å²) in [7, 11) is 0. The van der Waals surface area contributed by atoms with E-state index in [2.05, 4.69) is 60.7 Å². The van der Waals surface area contributed by atoms with Crippen molar-refractivity contribution < 1.29 is 4.79 Å². The van der Waals surface area contributed by atoms with Crippen molar-refractivity contribution in [2.75, 3.05) is 0 Å². The predicted molar refractivity (Wildman–Crippen MR) is 134 cm³/mol. The monoisotopic (exact) mass is 437 g/mol. The van der Waals surface area contributed by atoms with Crippen LogP contribution in [-0.2, 0) is 24.6 Å². The number of hydrogen-bond donors (Lipinski definition) is 0. The van der Waals surface area contributed by atoms with Crippen molar-refractivity contribution in [2.24, 2.45) is 0 Å². The minimum atomic E-state index is 0.0567. The van der Waals surface area contributed by atoms with E-state index in [0.717, 1.165) is 28.2 Å². The summed E-state index contributed by atoms with van der Waals surface area (Å²) in [4.78, 5) is 15.3. The molecule has 0 aliphatic heterocycles. The van der Waals surface area contributed by atoms with Gasteiger partial charge in [-0.25, -0.2) is 0 Å². The summed E-state index contributed by atoms with van der Waals surface area (Å²) in [5.41, 5.74) is 5.56. The van der Waals surface area contributed by atoms with Crippen LogP contribution in [0.1, 0.15) is 32.6 Å². The molecule has 4 aromatic rings. The smallest absolute Gasteiger partial charge is 0.254 e. The lowest BCUT2D eigenvalue weighted by Gasteiger charge is -2.23. The van der Waals surface area contributed by atoms with Gasteiger partial charge in [0.15, 0.2) is 0 Å². The first-order valence-electron chi connectivity index (χ1n) is 10.9. The molecule has 0 aromatic heterocycles. The molecule has 0 bridgehead atoms. The van der Waals surface area contributed by atoms with Gasteiger partial charge in [0, 0.05) is 30.2 Å². The number of rotatable bonds is 9. The van der Waals surface area contributed by atoms with Crippen LogP contribution in [0.25, 0.3) is 0 Å². The lowest BCUT2D eigenvalue weighted by Crippen LogP contribution is -2.30. The van der Waals surface area contributed by atoms with Crippen LogP contribution < -0.4 is 0 Å². The Morgan fingerprint density at radius 2 is 0.938 bits per heavy atom. The summed E-state index contributed by atoms with van der Waals surface area (Å²) in [5, 5.41) is 0. The van der Waals surface area contributed by atoms with Gasteiger partial charge in [-0.3, -0.25) is 4.79 Å². The molecule has 0 aliphatic carbocycles. The molecule has 0 fully saturated rings. The van der Waals surface area contributed by atoms with Gasteiger partial charge in [-0.15, -0.1) is 0 Å². The van der Waals surface area contributed by atoms with Crippen LogP contribution in [0.15, 0.2) is 115 Å². The van der Waals surface area contributed by atoms with E-state index in [4.69, 9.17) is 0 Å². The van der Waals surface area contributed by atoms with Gasteiger partial charge >= 0.3 is 0 Å². The minimum absolute atomic E-state index is 0.0567. The molecule has 160 valence electrons. The molecule has 0 saturated heterocycles. The van der Waals surface area contributed by atoms with Crippen LogP contribution in [0.2, 0.25) is 0 Å². The Morgan fingerprint density at radius 3 is 1.41 bits per heavy atom. The van der Waals surface area contributed by atoms with E-state index in [-0.39, 0.29) is 5.91 Å². The van der Waals surface area contributed by atoms with E-state index in [0.29, 0.717) is 13.1 Å². The van der Waals surface area contributed by atoms with Crippen molar-refractivity contribution in [3.05, 3.63) is 143 Å². The minimum Gasteiger partial charge on any atom is -0.330 e. The Labute approximate surface area is 194 Å². The van der Waals surface area contributed by atoms with Crippen molar-refractivity contribution in [3.8, 4) is 0 Å². The van der Waals surface area contributed by atoms with Gasteiger partial charge in [0.2, 0.25) is 0 Å². The number of hydrogen-bond acceptors (Lipinski definition) is 2. The fraction of sp³-hybridized carbons (Fsp3) is 0.138. The molecule has 0 aliphatic rings. The third kappa shape index (κ3) is 6.35. The molecule has 0 atom stereocenters. The fourth-order valence-corrected chi connectivity index (χ4v) is 4.55. The van der Waals surface area contributed by atoms with E-state index < -0.39 is 0 Å². The van der Waals surface area contributed by atoms with E-state index >= 15 is 0 Å². The van der Waals surface area contributed by atoms with Gasteiger partial charge in [0.05, 0.1) is 0 Å². The summed E-state index contributed by atoms with van der Waals surface area (Å²) in [6.45, 7) is 1.17. The van der Waals surface area contributed by atoms with Gasteiger partial charge in [-0.05, 0) is 34.4 Å². The first-order valence-corrected chi connectivity index (χ1v) is 12.0. The summed E-state index contributed by atoms with van der Waals surface area (Å²) in [6.07, 6.45) is 0. The highest BCUT2D eigenvalue weighted by Crippen LogP contribution is 2.20. The zero-order valence-corrected chi connectivity index (χ0v) is 18.9. The molecular weight excluding hydrogens is 410 g/mol. The largest absolute Gasteiger partial charge is 0.330 e. The second-order valence-corrected chi connectivity index (χ2v) is 8.79. The van der Waals surface area contributed by atoms with Crippen molar-refractivity contribution in [3.63, 3.8) is 0 Å².